The first-order chi connectivity index (χ1) is 20.9. The number of carbonyl (C=O) groups excluding carboxylic acids is 3. The summed E-state index contributed by atoms with van der Waals surface area (Å²) in [5, 5.41) is 26.1. The van der Waals surface area contributed by atoms with E-state index in [1.54, 1.807) is 27.7 Å². The minimum absolute atomic E-state index is 0.0804. The van der Waals surface area contributed by atoms with Crippen molar-refractivity contribution in [2.45, 2.75) is 89.9 Å². The number of nitrogen functional groups attached to an aromatic ring is 1. The third-order valence-electron chi connectivity index (χ3n) is 7.36. The van der Waals surface area contributed by atoms with Crippen molar-refractivity contribution in [3.05, 3.63) is 12.2 Å². The van der Waals surface area contributed by atoms with Crippen molar-refractivity contribution in [1.29, 1.82) is 0 Å². The molecule has 1 aliphatic heterocycles. The van der Waals surface area contributed by atoms with E-state index in [9.17, 15) is 24.6 Å². The van der Waals surface area contributed by atoms with Gasteiger partial charge in [-0.05, 0) is 65.2 Å². The van der Waals surface area contributed by atoms with Gasteiger partial charge in [-0.15, -0.1) is 0 Å². The lowest BCUT2D eigenvalue weighted by Gasteiger charge is -2.26. The number of imidazole rings is 1. The molecule has 44 heavy (non-hydrogen) atoms. The Bertz CT molecular complexity index is 1400. The van der Waals surface area contributed by atoms with Crippen molar-refractivity contribution in [2.75, 3.05) is 25.4 Å². The van der Waals surface area contributed by atoms with Crippen molar-refractivity contribution in [1.82, 2.24) is 30.2 Å². The molecule has 0 aromatic carbocycles. The number of ether oxygens (including phenoxy) is 3. The van der Waals surface area contributed by atoms with E-state index in [0.29, 0.717) is 31.7 Å². The van der Waals surface area contributed by atoms with Gasteiger partial charge in [0.2, 0.25) is 5.82 Å². The lowest BCUT2D eigenvalue weighted by atomic mass is 9.81. The lowest BCUT2D eigenvalue weighted by Crippen LogP contribution is -2.42. The van der Waals surface area contributed by atoms with E-state index in [4.69, 9.17) is 19.9 Å². The average Bonchev–Trinajstić information content (AvgIpc) is 3.51. The van der Waals surface area contributed by atoms with Gasteiger partial charge in [-0.25, -0.2) is 19.7 Å². The number of nitrogens with two attached hydrogens (primary N) is 1. The highest BCUT2D eigenvalue weighted by Crippen LogP contribution is 2.33. The second-order valence-corrected chi connectivity index (χ2v) is 11.9. The molecule has 2 fully saturated rings. The summed E-state index contributed by atoms with van der Waals surface area (Å²) in [5.74, 6) is 5.59. The van der Waals surface area contributed by atoms with Crippen molar-refractivity contribution < 1.29 is 38.8 Å². The van der Waals surface area contributed by atoms with Gasteiger partial charge in [0.15, 0.2) is 23.8 Å². The van der Waals surface area contributed by atoms with Gasteiger partial charge in [-0.2, -0.15) is 0 Å². The number of amides is 2. The van der Waals surface area contributed by atoms with Crippen LogP contribution in [0.3, 0.4) is 0 Å². The van der Waals surface area contributed by atoms with Crippen LogP contribution in [0.2, 0.25) is 0 Å². The number of nitrogens with zero attached hydrogens (tertiary/aromatic N) is 4. The molecule has 6 N–H and O–H groups in total. The number of alkyl carbamates (subject to hydrolysis) is 1. The normalized spacial score (nSPS) is 25.1. The second-order valence-electron chi connectivity index (χ2n) is 11.9. The van der Waals surface area contributed by atoms with Crippen LogP contribution in [0.5, 0.6) is 0 Å². The molecule has 1 saturated heterocycles. The Morgan fingerprint density at radius 2 is 1.86 bits per heavy atom. The number of hydrogen-bond acceptors (Lipinski definition) is 12. The highest BCUT2D eigenvalue weighted by molar-refractivity contribution is 5.83. The van der Waals surface area contributed by atoms with E-state index in [2.05, 4.69) is 37.4 Å². The zero-order valence-corrected chi connectivity index (χ0v) is 25.4. The second kappa shape index (κ2) is 14.2. The summed E-state index contributed by atoms with van der Waals surface area (Å²) in [7, 11) is 0. The Morgan fingerprint density at radius 3 is 2.55 bits per heavy atom. The van der Waals surface area contributed by atoms with E-state index >= 15 is 0 Å². The van der Waals surface area contributed by atoms with Gasteiger partial charge >= 0.3 is 12.1 Å². The molecule has 0 radical (unpaired) electrons. The van der Waals surface area contributed by atoms with E-state index in [1.807, 2.05) is 0 Å². The molecular formula is C29H41N7O8. The molecule has 3 heterocycles. The van der Waals surface area contributed by atoms with Crippen molar-refractivity contribution >= 4 is 35.0 Å². The van der Waals surface area contributed by atoms with Crippen molar-refractivity contribution in [3.8, 4) is 11.8 Å². The molecule has 15 nitrogen and oxygen atoms in total. The number of aromatic nitrogens is 4. The topological polar surface area (TPSA) is 213 Å². The number of nitrogens with one attached hydrogen (secondary N) is 2. The van der Waals surface area contributed by atoms with E-state index < -0.39 is 42.1 Å². The molecule has 1 aliphatic carbocycles. The molecule has 4 rings (SSSR count). The molecule has 2 aromatic heterocycles. The van der Waals surface area contributed by atoms with E-state index in [-0.39, 0.29) is 47.8 Å². The summed E-state index contributed by atoms with van der Waals surface area (Å²) in [6, 6.07) is 0. The Balaban J connectivity index is 1.29. The quantitative estimate of drug-likeness (QED) is 0.158. The molecule has 1 unspecified atom stereocenters. The molecule has 4 atom stereocenters. The lowest BCUT2D eigenvalue weighted by molar-refractivity contribution is -0.149. The molecular weight excluding hydrogens is 574 g/mol. The van der Waals surface area contributed by atoms with Gasteiger partial charge in [-0.3, -0.25) is 14.2 Å². The first-order valence-electron chi connectivity index (χ1n) is 14.8. The maximum absolute atomic E-state index is 12.4. The van der Waals surface area contributed by atoms with Gasteiger partial charge in [0.05, 0.1) is 18.8 Å². The van der Waals surface area contributed by atoms with Crippen LogP contribution < -0.4 is 16.4 Å². The molecule has 0 spiro atoms. The fourth-order valence-corrected chi connectivity index (χ4v) is 5.17. The zero-order chi connectivity index (χ0) is 32.0. The maximum atomic E-state index is 12.4. The van der Waals surface area contributed by atoms with Crippen LogP contribution in [-0.4, -0.2) is 91.3 Å². The number of rotatable bonds is 8. The number of hydrogen-bond donors (Lipinski definition) is 5. The predicted octanol–water partition coefficient (Wildman–Crippen LogP) is 0.780. The average molecular weight is 616 g/mol. The van der Waals surface area contributed by atoms with Crippen LogP contribution in [0.1, 0.15) is 71.9 Å². The molecule has 0 bridgehead atoms. The maximum Gasteiger partial charge on any atom is 0.407 e. The van der Waals surface area contributed by atoms with Crippen LogP contribution in [0.15, 0.2) is 6.33 Å². The molecule has 2 aliphatic rings. The van der Waals surface area contributed by atoms with Gasteiger partial charge in [0.25, 0.3) is 5.91 Å². The largest absolute Gasteiger partial charge is 0.464 e. The first kappa shape index (κ1) is 32.9. The van der Waals surface area contributed by atoms with Crippen LogP contribution >= 0.6 is 0 Å². The van der Waals surface area contributed by atoms with Crippen molar-refractivity contribution in [2.24, 2.45) is 11.8 Å². The molecule has 2 amide bonds. The number of aliphatic hydroxyl groups excluding tert-OH is 2. The van der Waals surface area contributed by atoms with Crippen LogP contribution in [-0.2, 0) is 23.8 Å². The fraction of sp³-hybridized carbons (Fsp3) is 0.655. The monoisotopic (exact) mass is 615 g/mol. The molecule has 15 heteroatoms. The zero-order valence-electron chi connectivity index (χ0n) is 25.4. The number of carbonyl (C=O) groups is 3. The summed E-state index contributed by atoms with van der Waals surface area (Å²) >= 11 is 0. The van der Waals surface area contributed by atoms with Crippen molar-refractivity contribution in [3.63, 3.8) is 0 Å². The summed E-state index contributed by atoms with van der Waals surface area (Å²) in [4.78, 5) is 49.3. The number of aliphatic hydroxyl groups is 2. The summed E-state index contributed by atoms with van der Waals surface area (Å²) < 4.78 is 17.6. The van der Waals surface area contributed by atoms with Crippen LogP contribution in [0.4, 0.5) is 10.6 Å². The Hall–Kier alpha value is -4.00. The van der Waals surface area contributed by atoms with Crippen LogP contribution in [0.25, 0.3) is 11.2 Å². The van der Waals surface area contributed by atoms with Gasteiger partial charge < -0.3 is 40.8 Å². The standard InChI is InChI=1S/C29H41N7O8/c1-5-31-25(39)22-20(37)21(38)26(43-22)36-15-33-19-23(30)34-18(35-24(19)36)8-6-7-16-9-11-17(12-10-16)27(40)42-14-13-32-28(41)44-29(2,3)4/h15-17,20-22,26,37-38H,5,7,9-14H2,1-4H3,(H,31,39)(H,32,41)(H2,30,34,35)/t16?,17?,20?,21-,22-,26+/m0/s1. The smallest absolute Gasteiger partial charge is 0.407 e. The van der Waals surface area contributed by atoms with Gasteiger partial charge in [0, 0.05) is 13.0 Å². The predicted molar refractivity (Wildman–Crippen MR) is 156 cm³/mol. The SMILES string of the molecule is CCNC(=O)[C@H]1O[C@@H](n2cnc3c(N)nc(C#CCC4CCC(C(=O)OCCNC(=O)OC(C)(C)C)CC4)nc32)[C@@H](O)C1O. The van der Waals surface area contributed by atoms with Gasteiger partial charge in [0.1, 0.15) is 29.9 Å². The Labute approximate surface area is 255 Å². The third kappa shape index (κ3) is 8.13. The Kier molecular flexibility index (Phi) is 10.6. The minimum Gasteiger partial charge on any atom is -0.464 e. The molecule has 2 aromatic rings. The Morgan fingerprint density at radius 1 is 1.14 bits per heavy atom. The summed E-state index contributed by atoms with van der Waals surface area (Å²) in [6.45, 7) is 7.65. The molecule has 1 saturated carbocycles. The number of likely N-dealkylation sites (N-methyl/N-ethyl adjacent to an activating group) is 1. The highest BCUT2D eigenvalue weighted by atomic mass is 16.6. The van der Waals surface area contributed by atoms with Crippen LogP contribution in [0, 0.1) is 23.7 Å². The number of fused-ring (bicyclic) bond motifs is 1. The number of esters is 1. The first-order valence-corrected chi connectivity index (χ1v) is 14.8. The third-order valence-corrected chi connectivity index (χ3v) is 7.36. The van der Waals surface area contributed by atoms with Gasteiger partial charge in [-0.1, -0.05) is 5.92 Å². The van der Waals surface area contributed by atoms with E-state index in [0.717, 1.165) is 12.8 Å². The summed E-state index contributed by atoms with van der Waals surface area (Å²) in [6.07, 6.45) is -0.865. The number of anilines is 1. The highest BCUT2D eigenvalue weighted by Gasteiger charge is 2.47. The molecule has 240 valence electrons. The minimum atomic E-state index is -1.44. The van der Waals surface area contributed by atoms with E-state index in [1.165, 1.54) is 10.9 Å². The summed E-state index contributed by atoms with van der Waals surface area (Å²) in [5.41, 5.74) is 6.03. The fourth-order valence-electron chi connectivity index (χ4n) is 5.17.